The maximum absolute atomic E-state index is 10.8. The Bertz CT molecular complexity index is 426. The molecule has 7 nitrogen and oxygen atoms in total. The minimum absolute atomic E-state index is 0.0446. The molecule has 1 aliphatic heterocycles. The highest BCUT2D eigenvalue weighted by atomic mass is 16.6. The van der Waals surface area contributed by atoms with Gasteiger partial charge in [0, 0.05) is 25.4 Å². The van der Waals surface area contributed by atoms with Crippen LogP contribution in [0.1, 0.15) is 0 Å². The van der Waals surface area contributed by atoms with Gasteiger partial charge in [-0.2, -0.15) is 0 Å². The summed E-state index contributed by atoms with van der Waals surface area (Å²) in [6.45, 7) is 1.01. The predicted molar refractivity (Wildman–Crippen MR) is 58.8 cm³/mol. The number of hydrogen-bond donors (Lipinski definition) is 1. The number of aromatic nitrogens is 1. The second-order valence-corrected chi connectivity index (χ2v) is 4.03. The molecule has 1 aromatic rings. The number of nitrogens with zero attached hydrogens (tertiary/aromatic N) is 3. The van der Waals surface area contributed by atoms with E-state index >= 15 is 0 Å². The molecule has 2 atom stereocenters. The topological polar surface area (TPSA) is 88.7 Å². The van der Waals surface area contributed by atoms with Crippen molar-refractivity contribution in [1.82, 2.24) is 9.88 Å². The number of ether oxygens (including phenoxy) is 1. The summed E-state index contributed by atoms with van der Waals surface area (Å²) < 4.78 is 5.41. The SMILES string of the molecule is CN1C[C@@H](O)[C@H](Oc2ncccc2[N+](=O)[O-])C1. The van der Waals surface area contributed by atoms with Gasteiger partial charge in [0.05, 0.1) is 4.92 Å². The van der Waals surface area contributed by atoms with E-state index < -0.39 is 17.1 Å². The zero-order chi connectivity index (χ0) is 12.4. The van der Waals surface area contributed by atoms with Crippen molar-refractivity contribution in [3.8, 4) is 5.88 Å². The van der Waals surface area contributed by atoms with Gasteiger partial charge in [-0.25, -0.2) is 4.98 Å². The summed E-state index contributed by atoms with van der Waals surface area (Å²) in [5.74, 6) is -0.0446. The number of likely N-dealkylation sites (tertiary alicyclic amines) is 1. The molecule has 1 fully saturated rings. The molecule has 1 aliphatic rings. The van der Waals surface area contributed by atoms with Gasteiger partial charge in [-0.1, -0.05) is 0 Å². The van der Waals surface area contributed by atoms with E-state index in [0.717, 1.165) is 0 Å². The van der Waals surface area contributed by atoms with E-state index in [-0.39, 0.29) is 11.6 Å². The van der Waals surface area contributed by atoms with Crippen LogP contribution in [0.2, 0.25) is 0 Å². The lowest BCUT2D eigenvalue weighted by Gasteiger charge is -2.14. The Morgan fingerprint density at radius 2 is 2.41 bits per heavy atom. The van der Waals surface area contributed by atoms with Gasteiger partial charge in [0.2, 0.25) is 0 Å². The first-order valence-corrected chi connectivity index (χ1v) is 5.20. The fourth-order valence-electron chi connectivity index (χ4n) is 1.81. The van der Waals surface area contributed by atoms with E-state index in [9.17, 15) is 15.2 Å². The number of rotatable bonds is 3. The van der Waals surface area contributed by atoms with Crippen molar-refractivity contribution in [3.63, 3.8) is 0 Å². The molecule has 92 valence electrons. The van der Waals surface area contributed by atoms with Crippen molar-refractivity contribution in [2.24, 2.45) is 0 Å². The van der Waals surface area contributed by atoms with Crippen LogP contribution in [0, 0.1) is 10.1 Å². The molecule has 7 heteroatoms. The van der Waals surface area contributed by atoms with Crippen molar-refractivity contribution in [2.45, 2.75) is 12.2 Å². The molecular formula is C10H13N3O4. The molecule has 0 aliphatic carbocycles. The third-order valence-electron chi connectivity index (χ3n) is 2.63. The lowest BCUT2D eigenvalue weighted by Crippen LogP contribution is -2.30. The van der Waals surface area contributed by atoms with Crippen LogP contribution >= 0.6 is 0 Å². The number of hydrogen-bond acceptors (Lipinski definition) is 6. The Kier molecular flexibility index (Phi) is 3.21. The number of aliphatic hydroxyl groups excluding tert-OH is 1. The zero-order valence-electron chi connectivity index (χ0n) is 9.31. The summed E-state index contributed by atoms with van der Waals surface area (Å²) in [7, 11) is 1.85. The van der Waals surface area contributed by atoms with Crippen LogP contribution in [-0.4, -0.2) is 52.3 Å². The summed E-state index contributed by atoms with van der Waals surface area (Å²) in [5, 5.41) is 20.4. The Balaban J connectivity index is 2.16. The lowest BCUT2D eigenvalue weighted by molar-refractivity contribution is -0.386. The maximum atomic E-state index is 10.8. The molecule has 1 N–H and O–H groups in total. The van der Waals surface area contributed by atoms with Gasteiger partial charge in [-0.3, -0.25) is 15.0 Å². The Labute approximate surface area is 97.8 Å². The second-order valence-electron chi connectivity index (χ2n) is 4.03. The fourth-order valence-corrected chi connectivity index (χ4v) is 1.81. The number of β-amino-alcohol motifs (C(OH)–C–C–N with tert-alkyl or cyclic N) is 1. The second kappa shape index (κ2) is 4.64. The van der Waals surface area contributed by atoms with Gasteiger partial charge in [0.25, 0.3) is 5.88 Å². The maximum Gasteiger partial charge on any atom is 0.330 e. The van der Waals surface area contributed by atoms with Crippen molar-refractivity contribution < 1.29 is 14.8 Å². The predicted octanol–water partition coefficient (Wildman–Crippen LogP) is 0.0435. The Hall–Kier alpha value is -1.73. The van der Waals surface area contributed by atoms with Gasteiger partial charge < -0.3 is 9.84 Å². The summed E-state index contributed by atoms with van der Waals surface area (Å²) >= 11 is 0. The largest absolute Gasteiger partial charge is 0.465 e. The first kappa shape index (κ1) is 11.7. The summed E-state index contributed by atoms with van der Waals surface area (Å²) in [4.78, 5) is 15.9. The van der Waals surface area contributed by atoms with Gasteiger partial charge in [0.15, 0.2) is 0 Å². The molecule has 17 heavy (non-hydrogen) atoms. The van der Waals surface area contributed by atoms with E-state index in [1.807, 2.05) is 11.9 Å². The highest BCUT2D eigenvalue weighted by Gasteiger charge is 2.32. The van der Waals surface area contributed by atoms with Crippen LogP contribution in [0.4, 0.5) is 5.69 Å². The third kappa shape index (κ3) is 2.51. The number of pyridine rings is 1. The van der Waals surface area contributed by atoms with Crippen molar-refractivity contribution in [3.05, 3.63) is 28.4 Å². The van der Waals surface area contributed by atoms with E-state index in [1.165, 1.54) is 18.3 Å². The minimum Gasteiger partial charge on any atom is -0.465 e. The quantitative estimate of drug-likeness (QED) is 0.592. The summed E-state index contributed by atoms with van der Waals surface area (Å²) in [6.07, 6.45) is 0.295. The average Bonchev–Trinajstić information content (AvgIpc) is 2.58. The number of aliphatic hydroxyl groups is 1. The van der Waals surface area contributed by atoms with Crippen molar-refractivity contribution >= 4 is 5.69 Å². The normalized spacial score (nSPS) is 24.8. The molecule has 1 saturated heterocycles. The zero-order valence-corrected chi connectivity index (χ0v) is 9.31. The first-order valence-electron chi connectivity index (χ1n) is 5.20. The van der Waals surface area contributed by atoms with Gasteiger partial charge in [0.1, 0.15) is 12.2 Å². The molecule has 0 unspecified atom stereocenters. The van der Waals surface area contributed by atoms with Crippen molar-refractivity contribution in [1.29, 1.82) is 0 Å². The minimum atomic E-state index is -0.651. The van der Waals surface area contributed by atoms with Gasteiger partial charge >= 0.3 is 5.69 Å². The molecule has 0 aromatic carbocycles. The molecule has 0 spiro atoms. The van der Waals surface area contributed by atoms with Gasteiger partial charge in [-0.05, 0) is 13.1 Å². The van der Waals surface area contributed by atoms with Crippen LogP contribution in [0.25, 0.3) is 0 Å². The van der Waals surface area contributed by atoms with E-state index in [2.05, 4.69) is 4.98 Å². The van der Waals surface area contributed by atoms with Crippen LogP contribution in [-0.2, 0) is 0 Å². The van der Waals surface area contributed by atoms with Crippen LogP contribution in [0.15, 0.2) is 18.3 Å². The molecule has 2 heterocycles. The molecular weight excluding hydrogens is 226 g/mol. The highest BCUT2D eigenvalue weighted by molar-refractivity contribution is 5.39. The lowest BCUT2D eigenvalue weighted by atomic mass is 10.2. The average molecular weight is 239 g/mol. The Morgan fingerprint density at radius 3 is 3.00 bits per heavy atom. The fraction of sp³-hybridized carbons (Fsp3) is 0.500. The molecule has 0 bridgehead atoms. The van der Waals surface area contributed by atoms with E-state index in [1.54, 1.807) is 0 Å². The third-order valence-corrected chi connectivity index (χ3v) is 2.63. The van der Waals surface area contributed by atoms with Crippen LogP contribution < -0.4 is 4.74 Å². The number of nitro groups is 1. The number of likely N-dealkylation sites (N-methyl/N-ethyl adjacent to an activating group) is 1. The molecule has 1 aromatic heterocycles. The monoisotopic (exact) mass is 239 g/mol. The van der Waals surface area contributed by atoms with E-state index in [4.69, 9.17) is 4.74 Å². The van der Waals surface area contributed by atoms with Crippen LogP contribution in [0.5, 0.6) is 5.88 Å². The molecule has 0 radical (unpaired) electrons. The first-order chi connectivity index (χ1) is 8.08. The molecule has 0 amide bonds. The molecule has 2 rings (SSSR count). The van der Waals surface area contributed by atoms with Gasteiger partial charge in [-0.15, -0.1) is 0 Å². The Morgan fingerprint density at radius 1 is 1.65 bits per heavy atom. The standard InChI is InChI=1S/C10H13N3O4/c1-12-5-8(14)9(6-12)17-10-7(13(15)16)3-2-4-11-10/h2-4,8-9,14H,5-6H2,1H3/t8-,9-/m1/s1. The summed E-state index contributed by atoms with van der Waals surface area (Å²) in [5.41, 5.74) is -0.186. The summed E-state index contributed by atoms with van der Waals surface area (Å²) in [6, 6.07) is 2.80. The highest BCUT2D eigenvalue weighted by Crippen LogP contribution is 2.25. The van der Waals surface area contributed by atoms with Crippen molar-refractivity contribution in [2.75, 3.05) is 20.1 Å². The molecule has 0 saturated carbocycles. The van der Waals surface area contributed by atoms with E-state index in [0.29, 0.717) is 13.1 Å². The smallest absolute Gasteiger partial charge is 0.330 e. The van der Waals surface area contributed by atoms with Crippen LogP contribution in [0.3, 0.4) is 0 Å².